The molecule has 0 saturated carbocycles. The molecule has 11 nitrogen and oxygen atoms in total. The maximum absolute atomic E-state index is 13.1. The molecular formula is C39H61N3O8S. The van der Waals surface area contributed by atoms with Gasteiger partial charge in [0.05, 0.1) is 24.5 Å². The van der Waals surface area contributed by atoms with Crippen LogP contribution in [-0.4, -0.2) is 88.5 Å². The average Bonchev–Trinajstić information content (AvgIpc) is 3.73. The zero-order chi connectivity index (χ0) is 38.8. The molecule has 6 atom stereocenters. The van der Waals surface area contributed by atoms with Crippen LogP contribution in [0.4, 0.5) is 5.69 Å². The summed E-state index contributed by atoms with van der Waals surface area (Å²) in [4.78, 5) is 49.9. The number of nitrogens with zero attached hydrogens (tertiary/aromatic N) is 2. The lowest BCUT2D eigenvalue weighted by molar-refractivity contribution is -0.148. The van der Waals surface area contributed by atoms with Gasteiger partial charge in [-0.1, -0.05) is 51.5 Å². The first kappa shape index (κ1) is 43.7. The minimum absolute atomic E-state index is 0.0226. The fourth-order valence-electron chi connectivity index (χ4n) is 6.23. The van der Waals surface area contributed by atoms with Crippen LogP contribution < -0.4 is 15.0 Å². The van der Waals surface area contributed by atoms with Crippen molar-refractivity contribution >= 4 is 42.0 Å². The second-order valence-corrected chi connectivity index (χ2v) is 16.3. The number of phenolic OH excluding ortho intramolecular Hbond substituents is 1. The number of amides is 3. The number of likely N-dealkylation sites (N-methyl/N-ethyl adjacent to an activating group) is 1. The van der Waals surface area contributed by atoms with Gasteiger partial charge in [-0.3, -0.25) is 14.4 Å². The van der Waals surface area contributed by atoms with E-state index in [0.29, 0.717) is 49.5 Å². The molecule has 0 aliphatic carbocycles. The quantitative estimate of drug-likeness (QED) is 0.188. The van der Waals surface area contributed by atoms with Crippen LogP contribution in [0.2, 0.25) is 0 Å². The molecule has 3 N–H and O–H groups in total. The van der Waals surface area contributed by atoms with E-state index in [2.05, 4.69) is 50.9 Å². The summed E-state index contributed by atoms with van der Waals surface area (Å²) in [6.07, 6.45) is 10.4. The number of methoxy groups -OCH3 is 1. The summed E-state index contributed by atoms with van der Waals surface area (Å²) in [5, 5.41) is 22.6. The molecule has 2 bridgehead atoms. The molecule has 2 heterocycles. The fraction of sp³-hybridized carbons (Fsp3) is 0.641. The van der Waals surface area contributed by atoms with Crippen molar-refractivity contribution in [1.82, 2.24) is 10.2 Å². The number of nitrogens with one attached hydrogen (secondary N) is 1. The Kier molecular flexibility index (Phi) is 16.1. The summed E-state index contributed by atoms with van der Waals surface area (Å²) >= 11 is 4.30. The summed E-state index contributed by atoms with van der Waals surface area (Å²) in [7, 11) is 4.71. The van der Waals surface area contributed by atoms with Gasteiger partial charge in [0.2, 0.25) is 17.7 Å². The standard InChI is InChI=1S/C29H42N2O5.C10H19NO3S/c1-18-10-8-9-11-23(30-21(4)32)15-19(2)20(3)28-29(5,36-28)13-12-26(33)31(6)24-16-22(14-18)17-25(35-7)27(24)34;1-7(9(13)14)11(4)8(12)5-6-10(2,3)15/h8-10,16-17,19-20,23,28,34H,11-15H2,1-7H3,(H,30,32);7,15H,5-6H2,1-4H3,(H,13,14)/b9-8+,18-10+;/t19?,20-,23?,28+,29+;7-/m10/s1. The largest absolute Gasteiger partial charge is 0.503 e. The highest BCUT2D eigenvalue weighted by Crippen LogP contribution is 2.48. The molecule has 286 valence electrons. The van der Waals surface area contributed by atoms with Crippen LogP contribution in [0.3, 0.4) is 0 Å². The van der Waals surface area contributed by atoms with Crippen molar-refractivity contribution in [3.63, 3.8) is 0 Å². The number of ether oxygens (including phenoxy) is 2. The summed E-state index contributed by atoms with van der Waals surface area (Å²) < 4.78 is 11.3. The topological polar surface area (TPSA) is 149 Å². The van der Waals surface area contributed by atoms with Gasteiger partial charge < -0.3 is 34.8 Å². The molecule has 51 heavy (non-hydrogen) atoms. The highest BCUT2D eigenvalue weighted by molar-refractivity contribution is 7.81. The predicted octanol–water partition coefficient (Wildman–Crippen LogP) is 6.32. The predicted molar refractivity (Wildman–Crippen MR) is 205 cm³/mol. The van der Waals surface area contributed by atoms with E-state index in [0.717, 1.165) is 24.0 Å². The molecule has 0 radical (unpaired) electrons. The smallest absolute Gasteiger partial charge is 0.326 e. The maximum atomic E-state index is 13.1. The Labute approximate surface area is 310 Å². The Hall–Kier alpha value is -3.51. The number of aliphatic carboxylic acids is 1. The molecule has 2 unspecified atom stereocenters. The average molecular weight is 732 g/mol. The summed E-state index contributed by atoms with van der Waals surface area (Å²) in [5.41, 5.74) is 2.16. The fourth-order valence-corrected chi connectivity index (χ4v) is 6.34. The van der Waals surface area contributed by atoms with E-state index in [4.69, 9.17) is 14.6 Å². The Bertz CT molecular complexity index is 1450. The van der Waals surface area contributed by atoms with E-state index in [9.17, 15) is 24.3 Å². The first-order chi connectivity index (χ1) is 23.6. The third-order valence-corrected chi connectivity index (χ3v) is 10.2. The molecular weight excluding hydrogens is 671 g/mol. The molecule has 1 fully saturated rings. The van der Waals surface area contributed by atoms with Crippen molar-refractivity contribution < 1.29 is 38.9 Å². The zero-order valence-electron chi connectivity index (χ0n) is 32.4. The number of epoxide rings is 1. The lowest BCUT2D eigenvalue weighted by Gasteiger charge is -2.25. The number of anilines is 1. The van der Waals surface area contributed by atoms with Gasteiger partial charge in [-0.15, -0.1) is 0 Å². The number of carboxylic acids is 1. The van der Waals surface area contributed by atoms with Crippen LogP contribution in [0.15, 0.2) is 35.9 Å². The lowest BCUT2D eigenvalue weighted by atomic mass is 9.82. The van der Waals surface area contributed by atoms with E-state index in [1.165, 1.54) is 30.9 Å². The summed E-state index contributed by atoms with van der Waals surface area (Å²) in [6, 6.07) is 2.93. The highest BCUT2D eigenvalue weighted by Gasteiger charge is 2.55. The van der Waals surface area contributed by atoms with E-state index in [1.807, 2.05) is 32.9 Å². The number of carboxylic acid groups (broad SMARTS) is 1. The molecule has 0 spiro atoms. The molecule has 2 aliphatic rings. The Morgan fingerprint density at radius 2 is 1.90 bits per heavy atom. The Morgan fingerprint density at radius 3 is 2.47 bits per heavy atom. The Morgan fingerprint density at radius 1 is 1.25 bits per heavy atom. The number of allylic oxidation sites excluding steroid dienone is 3. The SMILES string of the molecule is COc1cc2cc(c1O)N(C)C(=O)CC[C@]1(C)O[C@H]1[C@H](C)C(C)CC(NC(C)=O)C/C=C/C=C(\C)C2.C[C@@H](C(=O)O)N(C)C(=O)CCC(C)(C)S. The number of carbonyl (C=O) groups excluding carboxylic acids is 3. The highest BCUT2D eigenvalue weighted by atomic mass is 32.1. The second kappa shape index (κ2) is 18.8. The minimum Gasteiger partial charge on any atom is -0.503 e. The maximum Gasteiger partial charge on any atom is 0.326 e. The van der Waals surface area contributed by atoms with Crippen LogP contribution in [0, 0.1) is 11.8 Å². The van der Waals surface area contributed by atoms with Gasteiger partial charge in [-0.25, -0.2) is 4.79 Å². The number of rotatable bonds is 7. The normalized spacial score (nSPS) is 26.6. The van der Waals surface area contributed by atoms with E-state index in [1.54, 1.807) is 20.0 Å². The number of phenols is 1. The third-order valence-electron chi connectivity index (χ3n) is 9.99. The first-order valence-corrected chi connectivity index (χ1v) is 18.2. The summed E-state index contributed by atoms with van der Waals surface area (Å²) in [6.45, 7) is 15.4. The van der Waals surface area contributed by atoms with Gasteiger partial charge >= 0.3 is 5.97 Å². The van der Waals surface area contributed by atoms with Crippen LogP contribution >= 0.6 is 12.6 Å². The number of thiol groups is 1. The van der Waals surface area contributed by atoms with Crippen molar-refractivity contribution in [1.29, 1.82) is 0 Å². The van der Waals surface area contributed by atoms with E-state index in [-0.39, 0.29) is 51.9 Å². The van der Waals surface area contributed by atoms with E-state index < -0.39 is 12.0 Å². The van der Waals surface area contributed by atoms with Gasteiger partial charge in [0.15, 0.2) is 11.5 Å². The number of hydrogen-bond donors (Lipinski definition) is 4. The van der Waals surface area contributed by atoms with Gasteiger partial charge in [-0.2, -0.15) is 12.6 Å². The number of fused-ring (bicyclic) bond motifs is 3. The van der Waals surface area contributed by atoms with Crippen molar-refractivity contribution in [3.8, 4) is 11.5 Å². The zero-order valence-corrected chi connectivity index (χ0v) is 33.3. The van der Waals surface area contributed by atoms with Crippen molar-refractivity contribution in [2.75, 3.05) is 26.1 Å². The molecule has 1 aromatic rings. The van der Waals surface area contributed by atoms with Gasteiger partial charge in [-0.05, 0) is 82.4 Å². The molecule has 0 aromatic heterocycles. The van der Waals surface area contributed by atoms with Crippen LogP contribution in [0.25, 0.3) is 0 Å². The monoisotopic (exact) mass is 731 g/mol. The summed E-state index contributed by atoms with van der Waals surface area (Å²) in [5.74, 6) is -0.325. The van der Waals surface area contributed by atoms with Crippen molar-refractivity contribution in [2.45, 2.75) is 129 Å². The van der Waals surface area contributed by atoms with Crippen LogP contribution in [0.5, 0.6) is 11.5 Å². The lowest BCUT2D eigenvalue weighted by Crippen LogP contribution is -2.40. The minimum atomic E-state index is -0.990. The molecule has 1 aromatic carbocycles. The molecule has 3 amide bonds. The number of aromatic hydroxyl groups is 1. The molecule has 1 saturated heterocycles. The van der Waals surface area contributed by atoms with Gasteiger partial charge in [0.25, 0.3) is 0 Å². The number of hydrogen-bond acceptors (Lipinski definition) is 8. The van der Waals surface area contributed by atoms with Gasteiger partial charge in [0.1, 0.15) is 6.04 Å². The second-order valence-electron chi connectivity index (χ2n) is 15.1. The number of benzene rings is 1. The third kappa shape index (κ3) is 13.5. The number of carbonyl (C=O) groups is 4. The van der Waals surface area contributed by atoms with Crippen molar-refractivity contribution in [2.24, 2.45) is 11.8 Å². The molecule has 12 heteroatoms. The first-order valence-electron chi connectivity index (χ1n) is 17.7. The van der Waals surface area contributed by atoms with Crippen LogP contribution in [0.1, 0.15) is 99.5 Å². The molecule has 3 rings (SSSR count). The van der Waals surface area contributed by atoms with Crippen LogP contribution in [-0.2, 0) is 30.3 Å². The van der Waals surface area contributed by atoms with Crippen molar-refractivity contribution in [3.05, 3.63) is 41.5 Å². The van der Waals surface area contributed by atoms with Gasteiger partial charge in [0, 0.05) is 44.6 Å². The van der Waals surface area contributed by atoms with E-state index >= 15 is 0 Å². The Balaban J connectivity index is 0.000000507. The molecule has 2 aliphatic heterocycles.